The van der Waals surface area contributed by atoms with Gasteiger partial charge in [-0.05, 0) is 32.4 Å². The number of hydrogen-bond donors (Lipinski definition) is 3. The molecule has 0 aliphatic carbocycles. The molecule has 6 heteroatoms. The molecule has 1 heterocycles. The molecule has 3 unspecified atom stereocenters. The van der Waals surface area contributed by atoms with Crippen molar-refractivity contribution in [2.45, 2.75) is 32.9 Å². The van der Waals surface area contributed by atoms with Crippen LogP contribution in [-0.2, 0) is 4.79 Å². The van der Waals surface area contributed by atoms with E-state index in [0.29, 0.717) is 0 Å². The van der Waals surface area contributed by atoms with Gasteiger partial charge in [0.1, 0.15) is 0 Å². The van der Waals surface area contributed by atoms with Gasteiger partial charge in [0.25, 0.3) is 0 Å². The molecular formula is C13H19N3O3. The number of aromatic nitrogens is 1. The highest BCUT2D eigenvalue weighted by atomic mass is 16.4. The van der Waals surface area contributed by atoms with Crippen molar-refractivity contribution in [3.05, 3.63) is 30.1 Å². The number of carboxylic acid groups (broad SMARTS) is 1. The average molecular weight is 265 g/mol. The number of carboxylic acids is 1. The first-order valence-corrected chi connectivity index (χ1v) is 6.11. The van der Waals surface area contributed by atoms with Gasteiger partial charge < -0.3 is 15.7 Å². The van der Waals surface area contributed by atoms with E-state index in [0.717, 1.165) is 5.56 Å². The fraction of sp³-hybridized carbons (Fsp3) is 0.462. The molecule has 6 nitrogen and oxygen atoms in total. The largest absolute Gasteiger partial charge is 0.481 e. The molecule has 104 valence electrons. The van der Waals surface area contributed by atoms with Crippen LogP contribution in [0, 0.1) is 5.92 Å². The summed E-state index contributed by atoms with van der Waals surface area (Å²) < 4.78 is 0. The highest BCUT2D eigenvalue weighted by molar-refractivity contribution is 5.76. The standard InChI is InChI=1S/C13H19N3O3/c1-8(12(17)18)9(2)15-13(19)16-10(3)11-5-4-6-14-7-11/h4-10H,1-3H3,(H,17,18)(H2,15,16,19). The summed E-state index contributed by atoms with van der Waals surface area (Å²) in [7, 11) is 0. The first-order valence-electron chi connectivity index (χ1n) is 6.11. The lowest BCUT2D eigenvalue weighted by Crippen LogP contribution is -2.45. The molecule has 0 bridgehead atoms. The van der Waals surface area contributed by atoms with Crippen molar-refractivity contribution in [2.24, 2.45) is 5.92 Å². The minimum atomic E-state index is -0.937. The van der Waals surface area contributed by atoms with Crippen LogP contribution in [0.2, 0.25) is 0 Å². The third kappa shape index (κ3) is 4.57. The van der Waals surface area contributed by atoms with Crippen molar-refractivity contribution in [1.82, 2.24) is 15.6 Å². The zero-order valence-corrected chi connectivity index (χ0v) is 11.3. The first-order chi connectivity index (χ1) is 8.91. The van der Waals surface area contributed by atoms with Crippen LogP contribution in [0.4, 0.5) is 4.79 Å². The van der Waals surface area contributed by atoms with Gasteiger partial charge in [-0.2, -0.15) is 0 Å². The van der Waals surface area contributed by atoms with Crippen LogP contribution in [0.3, 0.4) is 0 Å². The second-order valence-electron chi connectivity index (χ2n) is 4.54. The van der Waals surface area contributed by atoms with E-state index in [1.807, 2.05) is 13.0 Å². The molecule has 0 saturated heterocycles. The Labute approximate surface area is 112 Å². The van der Waals surface area contributed by atoms with Gasteiger partial charge in [-0.25, -0.2) is 4.79 Å². The second-order valence-corrected chi connectivity index (χ2v) is 4.54. The number of nitrogens with one attached hydrogen (secondary N) is 2. The highest BCUT2D eigenvalue weighted by Crippen LogP contribution is 2.09. The second kappa shape index (κ2) is 6.72. The Hall–Kier alpha value is -2.11. The van der Waals surface area contributed by atoms with E-state index in [1.165, 1.54) is 0 Å². The Morgan fingerprint density at radius 1 is 1.26 bits per heavy atom. The van der Waals surface area contributed by atoms with Crippen LogP contribution >= 0.6 is 0 Å². The fourth-order valence-corrected chi connectivity index (χ4v) is 1.50. The number of carbonyl (C=O) groups is 2. The summed E-state index contributed by atoms with van der Waals surface area (Å²) in [5.74, 6) is -1.58. The summed E-state index contributed by atoms with van der Waals surface area (Å²) in [5, 5.41) is 14.2. The number of hydrogen-bond acceptors (Lipinski definition) is 3. The third-order valence-corrected chi connectivity index (χ3v) is 3.03. The number of carbonyl (C=O) groups excluding carboxylic acids is 1. The minimum absolute atomic E-state index is 0.193. The Morgan fingerprint density at radius 2 is 1.95 bits per heavy atom. The van der Waals surface area contributed by atoms with Crippen molar-refractivity contribution < 1.29 is 14.7 Å². The maximum Gasteiger partial charge on any atom is 0.315 e. The van der Waals surface area contributed by atoms with Crippen molar-refractivity contribution in [2.75, 3.05) is 0 Å². The summed E-state index contributed by atoms with van der Waals surface area (Å²) in [6, 6.07) is 2.62. The molecule has 1 aromatic rings. The Morgan fingerprint density at radius 3 is 2.47 bits per heavy atom. The molecule has 19 heavy (non-hydrogen) atoms. The normalized spacial score (nSPS) is 15.1. The average Bonchev–Trinajstić information content (AvgIpc) is 2.38. The predicted molar refractivity (Wildman–Crippen MR) is 70.6 cm³/mol. The maximum absolute atomic E-state index is 11.7. The van der Waals surface area contributed by atoms with E-state index in [4.69, 9.17) is 5.11 Å². The molecule has 3 N–H and O–H groups in total. The predicted octanol–water partition coefficient (Wildman–Crippen LogP) is 1.55. The van der Waals surface area contributed by atoms with Gasteiger partial charge in [0.15, 0.2) is 0 Å². The van der Waals surface area contributed by atoms with Gasteiger partial charge in [-0.15, -0.1) is 0 Å². The van der Waals surface area contributed by atoms with Gasteiger partial charge in [0, 0.05) is 18.4 Å². The van der Waals surface area contributed by atoms with E-state index < -0.39 is 24.0 Å². The van der Waals surface area contributed by atoms with E-state index in [9.17, 15) is 9.59 Å². The lowest BCUT2D eigenvalue weighted by molar-refractivity contribution is -0.141. The maximum atomic E-state index is 11.7. The summed E-state index contributed by atoms with van der Waals surface area (Å²) >= 11 is 0. The SMILES string of the molecule is CC(NC(=O)NC(C)C(C)C(=O)O)c1cccnc1. The van der Waals surface area contributed by atoms with Crippen molar-refractivity contribution in [3.8, 4) is 0 Å². The number of nitrogens with zero attached hydrogens (tertiary/aromatic N) is 1. The summed E-state index contributed by atoms with van der Waals surface area (Å²) in [6.45, 7) is 5.05. The first kappa shape index (κ1) is 14.9. The molecule has 0 fully saturated rings. The monoisotopic (exact) mass is 265 g/mol. The highest BCUT2D eigenvalue weighted by Gasteiger charge is 2.21. The number of aliphatic carboxylic acids is 1. The number of rotatable bonds is 5. The summed E-state index contributed by atoms with van der Waals surface area (Å²) in [5.41, 5.74) is 0.886. The number of urea groups is 1. The number of pyridine rings is 1. The lowest BCUT2D eigenvalue weighted by atomic mass is 10.0. The van der Waals surface area contributed by atoms with Gasteiger partial charge in [0.2, 0.25) is 0 Å². The molecular weight excluding hydrogens is 246 g/mol. The van der Waals surface area contributed by atoms with Gasteiger partial charge in [-0.1, -0.05) is 6.07 Å². The molecule has 0 radical (unpaired) electrons. The zero-order valence-electron chi connectivity index (χ0n) is 11.3. The third-order valence-electron chi connectivity index (χ3n) is 3.03. The minimum Gasteiger partial charge on any atom is -0.481 e. The smallest absolute Gasteiger partial charge is 0.315 e. The molecule has 0 saturated carbocycles. The van der Waals surface area contributed by atoms with Gasteiger partial charge in [-0.3, -0.25) is 9.78 Å². The van der Waals surface area contributed by atoms with Crippen LogP contribution in [0.1, 0.15) is 32.4 Å². The molecule has 1 aromatic heterocycles. The fourth-order valence-electron chi connectivity index (χ4n) is 1.50. The van der Waals surface area contributed by atoms with Crippen LogP contribution in [0.15, 0.2) is 24.5 Å². The molecule has 1 rings (SSSR count). The molecule has 0 spiro atoms. The summed E-state index contributed by atoms with van der Waals surface area (Å²) in [6.07, 6.45) is 3.33. The van der Waals surface area contributed by atoms with Crippen LogP contribution in [0.5, 0.6) is 0 Å². The van der Waals surface area contributed by atoms with Gasteiger partial charge in [0.05, 0.1) is 12.0 Å². The Balaban J connectivity index is 2.50. The van der Waals surface area contributed by atoms with Gasteiger partial charge >= 0.3 is 12.0 Å². The van der Waals surface area contributed by atoms with E-state index in [1.54, 1.807) is 32.3 Å². The van der Waals surface area contributed by atoms with E-state index in [2.05, 4.69) is 15.6 Å². The van der Waals surface area contributed by atoms with Crippen LogP contribution < -0.4 is 10.6 Å². The topological polar surface area (TPSA) is 91.3 Å². The molecule has 2 amide bonds. The summed E-state index contributed by atoms with van der Waals surface area (Å²) in [4.78, 5) is 26.5. The molecule has 0 aromatic carbocycles. The Kier molecular flexibility index (Phi) is 5.29. The van der Waals surface area contributed by atoms with Crippen molar-refractivity contribution in [1.29, 1.82) is 0 Å². The Bertz CT molecular complexity index is 436. The van der Waals surface area contributed by atoms with Crippen molar-refractivity contribution >= 4 is 12.0 Å². The molecule has 0 aliphatic rings. The number of amides is 2. The van der Waals surface area contributed by atoms with Crippen molar-refractivity contribution in [3.63, 3.8) is 0 Å². The van der Waals surface area contributed by atoms with E-state index >= 15 is 0 Å². The van der Waals surface area contributed by atoms with E-state index in [-0.39, 0.29) is 6.04 Å². The zero-order chi connectivity index (χ0) is 14.4. The molecule has 3 atom stereocenters. The quantitative estimate of drug-likeness (QED) is 0.753. The van der Waals surface area contributed by atoms with Crippen LogP contribution in [-0.4, -0.2) is 28.1 Å². The van der Waals surface area contributed by atoms with Crippen LogP contribution in [0.25, 0.3) is 0 Å². The molecule has 0 aliphatic heterocycles. The lowest BCUT2D eigenvalue weighted by Gasteiger charge is -2.20.